The van der Waals surface area contributed by atoms with Gasteiger partial charge in [-0.05, 0) is 44.9 Å². The molecule has 11 heteroatoms. The molecule has 6 atom stereocenters. The Morgan fingerprint density at radius 2 is 1.90 bits per heavy atom. The number of nitrogens with one attached hydrogen (secondary N) is 3. The van der Waals surface area contributed by atoms with Gasteiger partial charge in [0.1, 0.15) is 19.0 Å². The molecule has 1 heterocycles. The lowest BCUT2D eigenvalue weighted by Crippen LogP contribution is -2.70. The Bertz CT molecular complexity index is 692. The molecular formula is C20H31ClFN3O6. The highest BCUT2D eigenvalue weighted by Crippen LogP contribution is 2.47. The van der Waals surface area contributed by atoms with Crippen molar-refractivity contribution in [2.75, 3.05) is 6.61 Å². The number of hydroxylamine groups is 1. The lowest BCUT2D eigenvalue weighted by molar-refractivity contribution is -0.144. The second-order valence-corrected chi connectivity index (χ2v) is 10.0. The van der Waals surface area contributed by atoms with Crippen molar-refractivity contribution in [1.29, 1.82) is 0 Å². The first-order valence-electron chi connectivity index (χ1n) is 11.0. The maximum atomic E-state index is 13.7. The van der Waals surface area contributed by atoms with Crippen LogP contribution < -0.4 is 16.1 Å². The topological polar surface area (TPSA) is 129 Å². The number of aliphatic hydroxyl groups is 2. The van der Waals surface area contributed by atoms with Gasteiger partial charge in [0.05, 0.1) is 23.1 Å². The number of hydrogen-bond acceptors (Lipinski definition) is 7. The highest BCUT2D eigenvalue weighted by atomic mass is 35.5. The van der Waals surface area contributed by atoms with Crippen molar-refractivity contribution >= 4 is 23.4 Å². The van der Waals surface area contributed by atoms with Crippen molar-refractivity contribution < 1.29 is 33.8 Å². The fraction of sp³-hybridized carbons (Fsp3) is 0.900. The number of halogens is 2. The summed E-state index contributed by atoms with van der Waals surface area (Å²) < 4.78 is 19.3. The summed E-state index contributed by atoms with van der Waals surface area (Å²) in [5.41, 5.74) is 1.07. The van der Waals surface area contributed by atoms with E-state index < -0.39 is 41.1 Å². The molecule has 0 spiro atoms. The Kier molecular flexibility index (Phi) is 6.77. The zero-order valence-corrected chi connectivity index (χ0v) is 18.1. The van der Waals surface area contributed by atoms with Crippen molar-refractivity contribution in [3.05, 3.63) is 0 Å². The van der Waals surface area contributed by atoms with E-state index in [4.69, 9.17) is 21.2 Å². The van der Waals surface area contributed by atoms with Gasteiger partial charge in [-0.2, -0.15) is 5.48 Å². The molecule has 5 aliphatic rings. The van der Waals surface area contributed by atoms with Crippen LogP contribution in [0.15, 0.2) is 0 Å². The van der Waals surface area contributed by atoms with E-state index in [0.29, 0.717) is 44.9 Å². The highest BCUT2D eigenvalue weighted by molar-refractivity contribution is 6.21. The standard InChI is InChI=1S/C20H31ClFN3O6/c21-12-2-1-11(7-13(12)22)30-10-17(28)23-20-5-3-19(4-6-20,9-15(20)26)24-18(29)14-8-16(27)25-31-14/h11-16,25-27H,1-10H2,(H,23,28)(H,24,29). The third kappa shape index (κ3) is 4.99. The summed E-state index contributed by atoms with van der Waals surface area (Å²) in [6, 6.07) is 0. The summed E-state index contributed by atoms with van der Waals surface area (Å²) in [4.78, 5) is 30.1. The Labute approximate surface area is 185 Å². The van der Waals surface area contributed by atoms with E-state index >= 15 is 0 Å². The van der Waals surface area contributed by atoms with Crippen molar-refractivity contribution in [3.63, 3.8) is 0 Å². The van der Waals surface area contributed by atoms with Gasteiger partial charge in [0.25, 0.3) is 5.91 Å². The van der Waals surface area contributed by atoms with Crippen LogP contribution in [0.5, 0.6) is 0 Å². The predicted octanol–water partition coefficient (Wildman–Crippen LogP) is 0.162. The van der Waals surface area contributed by atoms with E-state index in [9.17, 15) is 24.2 Å². The molecule has 4 saturated carbocycles. The molecular weight excluding hydrogens is 433 g/mol. The largest absolute Gasteiger partial charge is 0.391 e. The van der Waals surface area contributed by atoms with E-state index in [1.807, 2.05) is 0 Å². The summed E-state index contributed by atoms with van der Waals surface area (Å²) in [5, 5.41) is 25.7. The van der Waals surface area contributed by atoms with Crippen LogP contribution in [-0.2, 0) is 19.2 Å². The van der Waals surface area contributed by atoms with Gasteiger partial charge in [-0.25, -0.2) is 4.39 Å². The minimum atomic E-state index is -1.13. The van der Waals surface area contributed by atoms with Gasteiger partial charge in [-0.3, -0.25) is 14.4 Å². The van der Waals surface area contributed by atoms with Crippen LogP contribution in [0.3, 0.4) is 0 Å². The SMILES string of the molecule is O=C(COC1CCC(Cl)C(F)C1)NC12CCC(NC(=O)C3CC(O)NO3)(CC1)CC2O. The van der Waals surface area contributed by atoms with Gasteiger partial charge < -0.3 is 25.6 Å². The minimum absolute atomic E-state index is 0.167. The molecule has 0 radical (unpaired) electrons. The van der Waals surface area contributed by atoms with Gasteiger partial charge >= 0.3 is 0 Å². The van der Waals surface area contributed by atoms with Crippen molar-refractivity contribution in [2.45, 2.75) is 105 Å². The van der Waals surface area contributed by atoms with Gasteiger partial charge in [-0.15, -0.1) is 11.6 Å². The Morgan fingerprint density at radius 3 is 2.52 bits per heavy atom. The molecule has 176 valence electrons. The number of carbonyl (C=O) groups is 2. The Balaban J connectivity index is 1.26. The van der Waals surface area contributed by atoms with E-state index in [2.05, 4.69) is 16.1 Å². The van der Waals surface area contributed by atoms with Crippen molar-refractivity contribution in [3.8, 4) is 0 Å². The maximum Gasteiger partial charge on any atom is 0.251 e. The minimum Gasteiger partial charge on any atom is -0.391 e. The Hall–Kier alpha value is -1.04. The van der Waals surface area contributed by atoms with Gasteiger partial charge in [0.15, 0.2) is 6.10 Å². The number of aliphatic hydroxyl groups excluding tert-OH is 2. The second-order valence-electron chi connectivity index (χ2n) is 9.45. The molecule has 2 bridgehead atoms. The molecule has 1 saturated heterocycles. The van der Waals surface area contributed by atoms with Crippen LogP contribution in [0.4, 0.5) is 4.39 Å². The van der Waals surface area contributed by atoms with Crippen LogP contribution in [0.2, 0.25) is 0 Å². The second kappa shape index (κ2) is 9.07. The summed E-state index contributed by atoms with van der Waals surface area (Å²) in [6.45, 7) is -0.185. The number of ether oxygens (including phenoxy) is 1. The molecule has 0 aromatic rings. The first-order chi connectivity index (χ1) is 14.7. The molecule has 5 N–H and O–H groups in total. The zero-order valence-electron chi connectivity index (χ0n) is 17.3. The molecule has 0 aromatic heterocycles. The van der Waals surface area contributed by atoms with Crippen LogP contribution in [-0.4, -0.2) is 75.8 Å². The molecule has 31 heavy (non-hydrogen) atoms. The maximum absolute atomic E-state index is 13.7. The fourth-order valence-electron chi connectivity index (χ4n) is 5.33. The fourth-order valence-corrected chi connectivity index (χ4v) is 5.55. The lowest BCUT2D eigenvalue weighted by Gasteiger charge is -2.56. The lowest BCUT2D eigenvalue weighted by atomic mass is 9.60. The third-order valence-corrected chi connectivity index (χ3v) is 7.76. The number of carbonyl (C=O) groups excluding carboxylic acids is 2. The predicted molar refractivity (Wildman–Crippen MR) is 108 cm³/mol. The Morgan fingerprint density at radius 1 is 1.16 bits per heavy atom. The van der Waals surface area contributed by atoms with E-state index in [0.717, 1.165) is 0 Å². The third-order valence-electron chi connectivity index (χ3n) is 7.27. The average molecular weight is 464 g/mol. The van der Waals surface area contributed by atoms with Gasteiger partial charge in [0, 0.05) is 18.4 Å². The van der Waals surface area contributed by atoms with Crippen LogP contribution in [0.25, 0.3) is 0 Å². The average Bonchev–Trinajstić information content (AvgIpc) is 3.17. The molecule has 5 rings (SSSR count). The van der Waals surface area contributed by atoms with E-state index in [1.165, 1.54) is 0 Å². The van der Waals surface area contributed by atoms with Crippen molar-refractivity contribution in [2.24, 2.45) is 0 Å². The molecule has 0 aromatic carbocycles. The van der Waals surface area contributed by atoms with Crippen LogP contribution >= 0.6 is 11.6 Å². The molecule has 4 aliphatic carbocycles. The summed E-state index contributed by atoms with van der Waals surface area (Å²) >= 11 is 5.88. The van der Waals surface area contributed by atoms with E-state index in [-0.39, 0.29) is 37.4 Å². The number of amides is 2. The normalized spacial score (nSPS) is 44.8. The van der Waals surface area contributed by atoms with Gasteiger partial charge in [-0.1, -0.05) is 0 Å². The molecule has 9 nitrogen and oxygen atoms in total. The first kappa shape index (κ1) is 23.1. The molecule has 6 unspecified atom stereocenters. The number of rotatable bonds is 6. The summed E-state index contributed by atoms with van der Waals surface area (Å²) in [7, 11) is 0. The summed E-state index contributed by atoms with van der Waals surface area (Å²) in [6.07, 6.45) is 0.185. The highest BCUT2D eigenvalue weighted by Gasteiger charge is 2.55. The van der Waals surface area contributed by atoms with Gasteiger partial charge in [0.2, 0.25) is 5.91 Å². The zero-order chi connectivity index (χ0) is 22.2. The monoisotopic (exact) mass is 463 g/mol. The van der Waals surface area contributed by atoms with E-state index in [1.54, 1.807) is 0 Å². The van der Waals surface area contributed by atoms with Crippen LogP contribution in [0.1, 0.15) is 57.8 Å². The smallest absolute Gasteiger partial charge is 0.251 e. The number of alkyl halides is 2. The number of hydrogen-bond donors (Lipinski definition) is 5. The number of fused-ring (bicyclic) bond motifs is 3. The summed E-state index contributed by atoms with van der Waals surface area (Å²) in [5.74, 6) is -0.652. The molecule has 5 fully saturated rings. The molecule has 1 aliphatic heterocycles. The van der Waals surface area contributed by atoms with Crippen LogP contribution in [0, 0.1) is 0 Å². The first-order valence-corrected chi connectivity index (χ1v) is 11.4. The van der Waals surface area contributed by atoms with Crippen molar-refractivity contribution in [1.82, 2.24) is 16.1 Å². The quantitative estimate of drug-likeness (QED) is 0.355. The molecule has 2 amide bonds.